The van der Waals surface area contributed by atoms with Gasteiger partial charge in [0.15, 0.2) is 5.82 Å². The van der Waals surface area contributed by atoms with Gasteiger partial charge in [0.2, 0.25) is 0 Å². The molecule has 1 amide bonds. The second-order valence-corrected chi connectivity index (χ2v) is 7.70. The summed E-state index contributed by atoms with van der Waals surface area (Å²) in [5, 5.41) is 12.9. The molecule has 0 atom stereocenters. The molecule has 2 aromatic carbocycles. The summed E-state index contributed by atoms with van der Waals surface area (Å²) >= 11 is 0. The maximum absolute atomic E-state index is 14.1. The first-order chi connectivity index (χ1) is 11.7. The SMILES string of the molecule is Nc1c(NC(=O)O)ccc(NCc2cccc(S(F)(F)(F)(F)F)c2)c1F. The summed E-state index contributed by atoms with van der Waals surface area (Å²) in [5.41, 5.74) is 4.28. The number of nitrogens with one attached hydrogen (secondary N) is 2. The summed E-state index contributed by atoms with van der Waals surface area (Å²) in [5.74, 6) is -1.04. The van der Waals surface area contributed by atoms with Crippen molar-refractivity contribution in [3.05, 3.63) is 47.8 Å². The Morgan fingerprint density at radius 1 is 1.08 bits per heavy atom. The van der Waals surface area contributed by atoms with E-state index in [4.69, 9.17) is 10.8 Å². The molecule has 0 unspecified atom stereocenters. The molecule has 0 radical (unpaired) electrons. The number of halogens is 6. The van der Waals surface area contributed by atoms with Crippen LogP contribution in [-0.4, -0.2) is 11.2 Å². The van der Waals surface area contributed by atoms with Crippen LogP contribution in [0.2, 0.25) is 0 Å². The van der Waals surface area contributed by atoms with Gasteiger partial charge in [-0.15, -0.1) is 0 Å². The minimum absolute atomic E-state index is 0.165. The number of carbonyl (C=O) groups is 1. The van der Waals surface area contributed by atoms with E-state index in [1.807, 2.05) is 5.32 Å². The Labute approximate surface area is 143 Å². The van der Waals surface area contributed by atoms with Gasteiger partial charge in [0.25, 0.3) is 0 Å². The van der Waals surface area contributed by atoms with Crippen LogP contribution in [0.4, 0.5) is 45.7 Å². The van der Waals surface area contributed by atoms with Crippen LogP contribution in [0, 0.1) is 5.82 Å². The molecule has 2 aromatic rings. The van der Waals surface area contributed by atoms with Crippen LogP contribution >= 0.6 is 10.2 Å². The molecule has 12 heteroatoms. The molecule has 0 aromatic heterocycles. The van der Waals surface area contributed by atoms with Gasteiger partial charge in [0, 0.05) is 6.54 Å². The fraction of sp³-hybridized carbons (Fsp3) is 0.0714. The lowest BCUT2D eigenvalue weighted by Crippen LogP contribution is -2.11. The van der Waals surface area contributed by atoms with E-state index in [2.05, 4.69) is 5.32 Å². The first-order valence-corrected chi connectivity index (χ1v) is 8.77. The third-order valence-corrected chi connectivity index (χ3v) is 4.39. The van der Waals surface area contributed by atoms with Crippen LogP contribution in [0.1, 0.15) is 5.56 Å². The van der Waals surface area contributed by atoms with Crippen molar-refractivity contribution in [2.75, 3.05) is 16.4 Å². The molecule has 0 aliphatic carbocycles. The number of nitrogens with two attached hydrogens (primary N) is 1. The zero-order valence-electron chi connectivity index (χ0n) is 12.8. The Morgan fingerprint density at radius 3 is 2.27 bits per heavy atom. The molecule has 0 spiro atoms. The molecular formula is C14H13F6N3O2S. The van der Waals surface area contributed by atoms with Crippen molar-refractivity contribution in [1.29, 1.82) is 0 Å². The molecular weight excluding hydrogens is 388 g/mol. The Kier molecular flexibility index (Phi) is 4.23. The van der Waals surface area contributed by atoms with Crippen molar-refractivity contribution < 1.29 is 33.7 Å². The van der Waals surface area contributed by atoms with Gasteiger partial charge in [-0.1, -0.05) is 31.6 Å². The van der Waals surface area contributed by atoms with Gasteiger partial charge in [0.05, 0.1) is 17.1 Å². The number of benzene rings is 2. The van der Waals surface area contributed by atoms with E-state index < -0.39 is 39.3 Å². The van der Waals surface area contributed by atoms with Gasteiger partial charge >= 0.3 is 16.3 Å². The van der Waals surface area contributed by atoms with Crippen molar-refractivity contribution in [3.8, 4) is 0 Å². The quantitative estimate of drug-likeness (QED) is 0.379. The second-order valence-electron chi connectivity index (χ2n) is 5.29. The summed E-state index contributed by atoms with van der Waals surface area (Å²) in [6, 6.07) is 4.74. The lowest BCUT2D eigenvalue weighted by atomic mass is 10.2. The number of rotatable bonds is 5. The molecule has 5 N–H and O–H groups in total. The molecule has 0 heterocycles. The number of hydrogen-bond donors (Lipinski definition) is 4. The standard InChI is InChI=1S/C14H13F6N3O2S/c15-12-10(4-5-11(13(12)21)23-14(24)25)22-7-8-2-1-3-9(6-8)26(16,17,18,19)20/h1-6,22-23H,7,21H2,(H,24,25). The highest BCUT2D eigenvalue weighted by molar-refractivity contribution is 8.45. The Bertz CT molecular complexity index is 873. The first kappa shape index (κ1) is 19.6. The maximum Gasteiger partial charge on any atom is 0.409 e. The Balaban J connectivity index is 2.23. The largest absolute Gasteiger partial charge is 0.465 e. The average Bonchev–Trinajstić information content (AvgIpc) is 2.49. The lowest BCUT2D eigenvalue weighted by molar-refractivity contribution is 0.209. The van der Waals surface area contributed by atoms with Gasteiger partial charge in [-0.25, -0.2) is 9.18 Å². The topological polar surface area (TPSA) is 87.4 Å². The van der Waals surface area contributed by atoms with Gasteiger partial charge in [-0.05, 0) is 29.8 Å². The smallest absolute Gasteiger partial charge is 0.409 e. The Morgan fingerprint density at radius 2 is 1.69 bits per heavy atom. The van der Waals surface area contributed by atoms with Crippen molar-refractivity contribution in [2.45, 2.75) is 11.4 Å². The van der Waals surface area contributed by atoms with Crippen molar-refractivity contribution in [2.24, 2.45) is 0 Å². The van der Waals surface area contributed by atoms with Crippen LogP contribution in [0.25, 0.3) is 0 Å². The first-order valence-electron chi connectivity index (χ1n) is 6.82. The van der Waals surface area contributed by atoms with Crippen LogP contribution < -0.4 is 16.4 Å². The van der Waals surface area contributed by atoms with Crippen molar-refractivity contribution in [3.63, 3.8) is 0 Å². The number of nitrogen functional groups attached to an aromatic ring is 1. The molecule has 26 heavy (non-hydrogen) atoms. The van der Waals surface area contributed by atoms with Crippen molar-refractivity contribution in [1.82, 2.24) is 0 Å². The summed E-state index contributed by atoms with van der Waals surface area (Å²) in [6.07, 6.45) is -1.47. The van der Waals surface area contributed by atoms with Crippen LogP contribution in [0.15, 0.2) is 41.3 Å². The van der Waals surface area contributed by atoms with E-state index in [0.717, 1.165) is 24.3 Å². The van der Waals surface area contributed by atoms with Crippen LogP contribution in [0.3, 0.4) is 0 Å². The zero-order chi connectivity index (χ0) is 19.8. The van der Waals surface area contributed by atoms with Crippen molar-refractivity contribution >= 4 is 33.4 Å². The predicted molar refractivity (Wildman–Crippen MR) is 87.6 cm³/mol. The highest BCUT2D eigenvalue weighted by Gasteiger charge is 2.65. The van der Waals surface area contributed by atoms with Gasteiger partial charge in [-0.3, -0.25) is 5.32 Å². The molecule has 144 valence electrons. The fourth-order valence-corrected chi connectivity index (χ4v) is 2.76. The third-order valence-electron chi connectivity index (χ3n) is 3.25. The third kappa shape index (κ3) is 4.65. The average molecular weight is 401 g/mol. The molecule has 0 aliphatic heterocycles. The molecule has 5 nitrogen and oxygen atoms in total. The highest BCUT2D eigenvalue weighted by Crippen LogP contribution is 3.02. The van der Waals surface area contributed by atoms with E-state index in [-0.39, 0.29) is 29.1 Å². The summed E-state index contributed by atoms with van der Waals surface area (Å²) in [6.45, 7) is -0.399. The van der Waals surface area contributed by atoms with E-state index in [1.165, 1.54) is 0 Å². The monoisotopic (exact) mass is 401 g/mol. The van der Waals surface area contributed by atoms with Gasteiger partial charge in [0.1, 0.15) is 4.90 Å². The molecule has 0 bridgehead atoms. The summed E-state index contributed by atoms with van der Waals surface area (Å²) < 4.78 is 78.1. The summed E-state index contributed by atoms with van der Waals surface area (Å²) in [7, 11) is -9.81. The van der Waals surface area contributed by atoms with E-state index in [9.17, 15) is 28.6 Å². The lowest BCUT2D eigenvalue weighted by Gasteiger charge is -2.40. The number of carboxylic acid groups (broad SMARTS) is 1. The van der Waals surface area contributed by atoms with E-state index >= 15 is 0 Å². The van der Waals surface area contributed by atoms with Gasteiger partial charge < -0.3 is 16.2 Å². The minimum Gasteiger partial charge on any atom is -0.465 e. The zero-order valence-corrected chi connectivity index (χ0v) is 13.6. The molecule has 0 aliphatic rings. The normalized spacial score (nSPS) is 14.2. The summed E-state index contributed by atoms with van der Waals surface area (Å²) in [4.78, 5) is 8.49. The molecule has 0 fully saturated rings. The maximum atomic E-state index is 14.1. The Hall–Kier alpha value is -2.76. The fourth-order valence-electron chi connectivity index (χ4n) is 2.05. The second kappa shape index (κ2) is 5.62. The van der Waals surface area contributed by atoms with E-state index in [1.54, 1.807) is 0 Å². The number of amides is 1. The predicted octanol–water partition coefficient (Wildman–Crippen LogP) is 5.77. The number of anilines is 3. The highest BCUT2D eigenvalue weighted by atomic mass is 32.5. The molecule has 2 rings (SSSR count). The molecule has 0 saturated heterocycles. The van der Waals surface area contributed by atoms with Crippen LogP contribution in [0.5, 0.6) is 0 Å². The van der Waals surface area contributed by atoms with Gasteiger partial charge in [-0.2, -0.15) is 0 Å². The number of hydrogen-bond acceptors (Lipinski definition) is 3. The minimum atomic E-state index is -9.81. The molecule has 0 saturated carbocycles. The van der Waals surface area contributed by atoms with E-state index in [0.29, 0.717) is 0 Å². The van der Waals surface area contributed by atoms with Crippen LogP contribution in [-0.2, 0) is 6.54 Å².